The van der Waals surface area contributed by atoms with Crippen LogP contribution in [-0.4, -0.2) is 50.2 Å². The van der Waals surface area contributed by atoms with Crippen molar-refractivity contribution in [2.24, 2.45) is 5.41 Å². The van der Waals surface area contributed by atoms with E-state index in [1.807, 2.05) is 35.2 Å². The second-order valence-corrected chi connectivity index (χ2v) is 8.83. The lowest BCUT2D eigenvalue weighted by atomic mass is 9.78. The zero-order valence-corrected chi connectivity index (χ0v) is 16.1. The van der Waals surface area contributed by atoms with Crippen molar-refractivity contribution in [2.75, 3.05) is 39.4 Å². The summed E-state index contributed by atoms with van der Waals surface area (Å²) in [6, 6.07) is 9.98. The Labute approximate surface area is 163 Å². The van der Waals surface area contributed by atoms with Crippen molar-refractivity contribution in [3.8, 4) is 21.9 Å². The zero-order valence-electron chi connectivity index (χ0n) is 15.3. The predicted molar refractivity (Wildman–Crippen MR) is 106 cm³/mol. The first-order valence-corrected chi connectivity index (χ1v) is 10.5. The minimum absolute atomic E-state index is 0.171. The summed E-state index contributed by atoms with van der Waals surface area (Å²) in [7, 11) is 0. The number of carbonyl (C=O) groups is 1. The number of likely N-dealkylation sites (tertiary alicyclic amines) is 1. The number of benzene rings is 1. The lowest BCUT2D eigenvalue weighted by molar-refractivity contribution is 0.0612. The van der Waals surface area contributed by atoms with E-state index in [1.165, 1.54) is 6.42 Å². The van der Waals surface area contributed by atoms with Gasteiger partial charge in [-0.2, -0.15) is 0 Å². The molecule has 1 N–H and O–H groups in total. The molecule has 5 nitrogen and oxygen atoms in total. The molecule has 0 radical (unpaired) electrons. The molecule has 0 aliphatic carbocycles. The Morgan fingerprint density at radius 3 is 2.63 bits per heavy atom. The highest BCUT2D eigenvalue weighted by molar-refractivity contribution is 7.17. The highest BCUT2D eigenvalue weighted by Gasteiger charge is 2.38. The van der Waals surface area contributed by atoms with Crippen molar-refractivity contribution in [3.05, 3.63) is 35.2 Å². The topological polar surface area (TPSA) is 50.8 Å². The van der Waals surface area contributed by atoms with Gasteiger partial charge in [0.15, 0.2) is 11.5 Å². The fourth-order valence-corrected chi connectivity index (χ4v) is 5.34. The van der Waals surface area contributed by atoms with Crippen molar-refractivity contribution in [1.82, 2.24) is 10.2 Å². The summed E-state index contributed by atoms with van der Waals surface area (Å²) >= 11 is 1.56. The molecule has 0 bridgehead atoms. The molecule has 3 aliphatic heterocycles. The molecule has 0 atom stereocenters. The van der Waals surface area contributed by atoms with Gasteiger partial charge >= 0.3 is 0 Å². The molecule has 6 heteroatoms. The van der Waals surface area contributed by atoms with Crippen LogP contribution in [0.3, 0.4) is 0 Å². The van der Waals surface area contributed by atoms with Crippen molar-refractivity contribution in [2.45, 2.75) is 19.3 Å². The Morgan fingerprint density at radius 2 is 1.85 bits per heavy atom. The van der Waals surface area contributed by atoms with Crippen LogP contribution < -0.4 is 14.8 Å². The lowest BCUT2D eigenvalue weighted by Gasteiger charge is -2.38. The Bertz CT molecular complexity index is 847. The summed E-state index contributed by atoms with van der Waals surface area (Å²) in [6.45, 7) is 5.16. The average Bonchev–Trinajstić information content (AvgIpc) is 3.38. The number of nitrogens with one attached hydrogen (secondary N) is 1. The van der Waals surface area contributed by atoms with Crippen molar-refractivity contribution in [3.63, 3.8) is 0 Å². The van der Waals surface area contributed by atoms with Gasteiger partial charge in [0.1, 0.15) is 13.2 Å². The van der Waals surface area contributed by atoms with E-state index in [0.29, 0.717) is 18.6 Å². The van der Waals surface area contributed by atoms with Crippen LogP contribution in [0.25, 0.3) is 10.4 Å². The number of hydrogen-bond acceptors (Lipinski definition) is 5. The third-order valence-corrected chi connectivity index (χ3v) is 7.21. The zero-order chi connectivity index (χ0) is 18.3. The average molecular weight is 385 g/mol. The molecule has 27 heavy (non-hydrogen) atoms. The van der Waals surface area contributed by atoms with E-state index in [0.717, 1.165) is 65.8 Å². The Morgan fingerprint density at radius 1 is 1.04 bits per heavy atom. The van der Waals surface area contributed by atoms with E-state index in [1.54, 1.807) is 11.3 Å². The summed E-state index contributed by atoms with van der Waals surface area (Å²) < 4.78 is 11.3. The molecule has 1 aromatic heterocycles. The van der Waals surface area contributed by atoms with Crippen LogP contribution in [0.5, 0.6) is 11.5 Å². The van der Waals surface area contributed by atoms with Gasteiger partial charge in [0.2, 0.25) is 0 Å². The highest BCUT2D eigenvalue weighted by atomic mass is 32.1. The number of piperidine rings is 1. The number of thiophene rings is 1. The Kier molecular flexibility index (Phi) is 4.32. The number of amides is 1. The number of fused-ring (bicyclic) bond motifs is 1. The van der Waals surface area contributed by atoms with E-state index in [-0.39, 0.29) is 5.91 Å². The number of ether oxygens (including phenoxy) is 2. The van der Waals surface area contributed by atoms with Gasteiger partial charge in [0.05, 0.1) is 4.88 Å². The Hall–Kier alpha value is -2.05. The molecular weight excluding hydrogens is 360 g/mol. The van der Waals surface area contributed by atoms with Gasteiger partial charge in [-0.15, -0.1) is 11.3 Å². The fraction of sp³-hybridized carbons (Fsp3) is 0.476. The first-order chi connectivity index (χ1) is 13.2. The van der Waals surface area contributed by atoms with E-state index < -0.39 is 0 Å². The van der Waals surface area contributed by atoms with Crippen LogP contribution in [0.1, 0.15) is 28.9 Å². The summed E-state index contributed by atoms with van der Waals surface area (Å²) in [4.78, 5) is 16.9. The molecule has 1 spiro atoms. The Balaban J connectivity index is 1.30. The van der Waals surface area contributed by atoms with E-state index >= 15 is 0 Å². The second-order valence-electron chi connectivity index (χ2n) is 7.74. The molecule has 142 valence electrons. The normalized spacial score (nSPS) is 20.8. The SMILES string of the molecule is O=C(c1ccc(-c2ccc3c(c2)OCCO3)s1)N1CCC2(CCNC2)CC1. The van der Waals surface area contributed by atoms with Crippen molar-refractivity contribution in [1.29, 1.82) is 0 Å². The summed E-state index contributed by atoms with van der Waals surface area (Å²) in [5.41, 5.74) is 1.50. The van der Waals surface area contributed by atoms with Crippen molar-refractivity contribution < 1.29 is 14.3 Å². The van der Waals surface area contributed by atoms with Gasteiger partial charge in [-0.05, 0) is 67.1 Å². The van der Waals surface area contributed by atoms with E-state index in [4.69, 9.17) is 9.47 Å². The lowest BCUT2D eigenvalue weighted by Crippen LogP contribution is -2.43. The maximum atomic E-state index is 13.0. The maximum absolute atomic E-state index is 13.0. The first-order valence-electron chi connectivity index (χ1n) is 9.72. The van der Waals surface area contributed by atoms with Gasteiger partial charge in [-0.25, -0.2) is 0 Å². The molecule has 1 amide bonds. The third-order valence-electron chi connectivity index (χ3n) is 6.09. The smallest absolute Gasteiger partial charge is 0.263 e. The van der Waals surface area contributed by atoms with Crippen LogP contribution >= 0.6 is 11.3 Å². The van der Waals surface area contributed by atoms with Gasteiger partial charge in [-0.1, -0.05) is 0 Å². The molecule has 1 aromatic carbocycles. The van der Waals surface area contributed by atoms with Crippen LogP contribution in [0, 0.1) is 5.41 Å². The number of hydrogen-bond donors (Lipinski definition) is 1. The quantitative estimate of drug-likeness (QED) is 0.862. The molecule has 5 rings (SSSR count). The van der Waals surface area contributed by atoms with Crippen LogP contribution in [0.4, 0.5) is 0 Å². The second kappa shape index (κ2) is 6.84. The van der Waals surface area contributed by atoms with Crippen molar-refractivity contribution >= 4 is 17.2 Å². The minimum atomic E-state index is 0.171. The molecule has 0 saturated carbocycles. The van der Waals surface area contributed by atoms with Gasteiger partial charge < -0.3 is 19.7 Å². The summed E-state index contributed by atoms with van der Waals surface area (Å²) in [5.74, 6) is 1.75. The highest BCUT2D eigenvalue weighted by Crippen LogP contribution is 2.39. The number of nitrogens with zero attached hydrogens (tertiary/aromatic N) is 1. The van der Waals surface area contributed by atoms with Crippen LogP contribution in [0.2, 0.25) is 0 Å². The molecule has 0 unspecified atom stereocenters. The number of carbonyl (C=O) groups excluding carboxylic acids is 1. The van der Waals surface area contributed by atoms with Crippen LogP contribution in [0.15, 0.2) is 30.3 Å². The molecule has 2 fully saturated rings. The molecule has 2 saturated heterocycles. The fourth-order valence-electron chi connectivity index (χ4n) is 4.37. The molecule has 3 aliphatic rings. The van der Waals surface area contributed by atoms with Gasteiger partial charge in [0, 0.05) is 24.5 Å². The van der Waals surface area contributed by atoms with Gasteiger partial charge in [-0.3, -0.25) is 4.79 Å². The summed E-state index contributed by atoms with van der Waals surface area (Å²) in [5, 5.41) is 3.48. The van der Waals surface area contributed by atoms with Gasteiger partial charge in [0.25, 0.3) is 5.91 Å². The summed E-state index contributed by atoms with van der Waals surface area (Å²) in [6.07, 6.45) is 3.49. The van der Waals surface area contributed by atoms with Crippen LogP contribution in [-0.2, 0) is 0 Å². The molecule has 4 heterocycles. The monoisotopic (exact) mass is 384 g/mol. The largest absolute Gasteiger partial charge is 0.486 e. The van der Waals surface area contributed by atoms with E-state index in [9.17, 15) is 4.79 Å². The van der Waals surface area contributed by atoms with E-state index in [2.05, 4.69) is 5.32 Å². The molecular formula is C21H24N2O3S. The first kappa shape index (κ1) is 17.1. The predicted octanol–water partition coefficient (Wildman–Crippen LogP) is 3.40. The minimum Gasteiger partial charge on any atom is -0.486 e. The third kappa shape index (κ3) is 3.21. The number of rotatable bonds is 2. The standard InChI is InChI=1S/C21H24N2O3S/c24-20(23-9-6-21(7-10-23)5-8-22-14-21)19-4-3-18(27-19)15-1-2-16-17(13-15)26-12-11-25-16/h1-4,13,22H,5-12,14H2. The molecule has 2 aromatic rings. The maximum Gasteiger partial charge on any atom is 0.263 e.